The van der Waals surface area contributed by atoms with Crippen molar-refractivity contribution in [2.45, 2.75) is 82.5 Å². The van der Waals surface area contributed by atoms with Gasteiger partial charge in [-0.15, -0.1) is 0 Å². The van der Waals surface area contributed by atoms with Crippen molar-refractivity contribution in [1.29, 1.82) is 0 Å². The van der Waals surface area contributed by atoms with Gasteiger partial charge in [-0.3, -0.25) is 9.80 Å². The molecule has 1 amide bonds. The molecule has 2 atom stereocenters. The number of halogens is 1. The Hall–Kier alpha value is -4.22. The third-order valence-electron chi connectivity index (χ3n) is 11.2. The second-order valence-electron chi connectivity index (χ2n) is 15.5. The molecule has 8 rings (SSSR count). The Kier molecular flexibility index (Phi) is 8.46. The smallest absolute Gasteiger partial charge is 0.407 e. The Balaban J connectivity index is 1.11. The molecule has 4 aliphatic heterocycles. The van der Waals surface area contributed by atoms with Crippen molar-refractivity contribution in [3.8, 4) is 22.9 Å². The number of rotatable bonds is 8. The number of alkyl carbamates (subject to hydrolysis) is 1. The molecule has 11 heteroatoms. The van der Waals surface area contributed by atoms with Crippen molar-refractivity contribution in [2.75, 3.05) is 50.8 Å². The molecular weight excluding hydrogens is 635 g/mol. The van der Waals surface area contributed by atoms with E-state index in [1.54, 1.807) is 18.2 Å². The SMILES string of the molecule is CC(C)(C)OC(=O)NCCN1[C@@H]2CC[C@H]1CN(c1nc(OCC34CCCN3CCC4)nc3c(F)c(-c4cc(O)cc5ccccc45)ccc13)C2. The summed E-state index contributed by atoms with van der Waals surface area (Å²) < 4.78 is 28.8. The van der Waals surface area contributed by atoms with Crippen LogP contribution >= 0.6 is 0 Å². The first-order chi connectivity index (χ1) is 24.1. The predicted molar refractivity (Wildman–Crippen MR) is 192 cm³/mol. The quantitative estimate of drug-likeness (QED) is 0.216. The maximum absolute atomic E-state index is 16.9. The monoisotopic (exact) mass is 682 g/mol. The number of amides is 1. The zero-order valence-electron chi connectivity index (χ0n) is 29.3. The number of anilines is 1. The molecule has 0 unspecified atom stereocenters. The number of ether oxygens (including phenoxy) is 2. The van der Waals surface area contributed by atoms with E-state index in [-0.39, 0.29) is 34.9 Å². The van der Waals surface area contributed by atoms with Crippen LogP contribution in [0.3, 0.4) is 0 Å². The van der Waals surface area contributed by atoms with E-state index < -0.39 is 17.5 Å². The Bertz CT molecular complexity index is 1910. The fourth-order valence-electron chi connectivity index (χ4n) is 8.95. The number of aromatic hydroxyl groups is 1. The molecule has 4 fully saturated rings. The van der Waals surface area contributed by atoms with Crippen LogP contribution in [0.25, 0.3) is 32.8 Å². The molecule has 0 radical (unpaired) electrons. The van der Waals surface area contributed by atoms with Crippen LogP contribution in [0, 0.1) is 5.82 Å². The maximum Gasteiger partial charge on any atom is 0.407 e. The summed E-state index contributed by atoms with van der Waals surface area (Å²) >= 11 is 0. The first kappa shape index (κ1) is 33.0. The highest BCUT2D eigenvalue weighted by Crippen LogP contribution is 2.42. The minimum Gasteiger partial charge on any atom is -0.508 e. The molecular formula is C39H47FN6O4. The lowest BCUT2D eigenvalue weighted by atomic mass is 9.95. The number of nitrogens with zero attached hydrogens (tertiary/aromatic N) is 5. The Morgan fingerprint density at radius 2 is 1.74 bits per heavy atom. The van der Waals surface area contributed by atoms with Crippen LogP contribution < -0.4 is 15.0 Å². The van der Waals surface area contributed by atoms with Gasteiger partial charge >= 0.3 is 12.1 Å². The number of aromatic nitrogens is 2. The molecule has 4 aliphatic rings. The minimum absolute atomic E-state index is 0.00255. The predicted octanol–water partition coefficient (Wildman–Crippen LogP) is 6.48. The van der Waals surface area contributed by atoms with E-state index in [1.807, 2.05) is 51.1 Å². The van der Waals surface area contributed by atoms with Crippen LogP contribution in [0.5, 0.6) is 11.8 Å². The van der Waals surface area contributed by atoms with E-state index in [1.165, 1.54) is 0 Å². The van der Waals surface area contributed by atoms with Crippen LogP contribution in [0.15, 0.2) is 48.5 Å². The zero-order valence-corrected chi connectivity index (χ0v) is 29.3. The van der Waals surface area contributed by atoms with Crippen molar-refractivity contribution in [3.63, 3.8) is 0 Å². The van der Waals surface area contributed by atoms with Crippen LogP contribution in [-0.2, 0) is 4.74 Å². The lowest BCUT2D eigenvalue weighted by molar-refractivity contribution is 0.0515. The molecule has 264 valence electrons. The highest BCUT2D eigenvalue weighted by atomic mass is 19.1. The van der Waals surface area contributed by atoms with E-state index >= 15 is 4.39 Å². The first-order valence-electron chi connectivity index (χ1n) is 18.1. The normalized spacial score (nSPS) is 22.0. The number of carbonyl (C=O) groups is 1. The Labute approximate surface area is 292 Å². The van der Waals surface area contributed by atoms with Gasteiger partial charge in [-0.1, -0.05) is 30.3 Å². The zero-order chi connectivity index (χ0) is 34.6. The van der Waals surface area contributed by atoms with Gasteiger partial charge in [0.2, 0.25) is 0 Å². The molecule has 10 nitrogen and oxygen atoms in total. The standard InChI is InChI=1S/C39H47FN6O4/c1-38(2,3)50-37(48)41-16-19-46-26-10-11-27(46)23-44(22-26)35-31-13-12-30(32-21-28(47)20-25-8-4-5-9-29(25)32)33(40)34(31)42-36(43-35)49-24-39-14-6-17-45(39)18-7-15-39/h4-5,8-9,12-13,20-21,26-27,47H,6-7,10-11,14-19,22-24H2,1-3H3,(H,41,48)/t26-,27+. The number of hydrogen-bond acceptors (Lipinski definition) is 9. The summed E-state index contributed by atoms with van der Waals surface area (Å²) in [7, 11) is 0. The summed E-state index contributed by atoms with van der Waals surface area (Å²) in [6.45, 7) is 10.9. The summed E-state index contributed by atoms with van der Waals surface area (Å²) in [6.07, 6.45) is 6.17. The molecule has 0 spiro atoms. The van der Waals surface area contributed by atoms with Gasteiger partial charge in [-0.2, -0.15) is 9.97 Å². The summed E-state index contributed by atoms with van der Waals surface area (Å²) in [5, 5.41) is 15.8. The molecule has 2 N–H and O–H groups in total. The minimum atomic E-state index is -0.540. The Morgan fingerprint density at radius 3 is 2.48 bits per heavy atom. The molecule has 0 saturated carbocycles. The lowest BCUT2D eigenvalue weighted by Gasteiger charge is -2.42. The molecule has 1 aromatic heterocycles. The summed E-state index contributed by atoms with van der Waals surface area (Å²) in [5.41, 5.74) is 0.664. The molecule has 5 heterocycles. The largest absolute Gasteiger partial charge is 0.508 e. The highest BCUT2D eigenvalue weighted by molar-refractivity contribution is 6.01. The summed E-state index contributed by atoms with van der Waals surface area (Å²) in [6, 6.07) is 15.5. The third kappa shape index (κ3) is 6.19. The van der Waals surface area contributed by atoms with E-state index in [2.05, 4.69) is 20.0 Å². The number of phenolic OH excluding ortho intramolecular Hbond substituents is 1. The number of carbonyl (C=O) groups excluding carboxylic acids is 1. The fourth-order valence-corrected chi connectivity index (χ4v) is 8.95. The Morgan fingerprint density at radius 1 is 1.00 bits per heavy atom. The van der Waals surface area contributed by atoms with E-state index in [9.17, 15) is 9.90 Å². The van der Waals surface area contributed by atoms with E-state index in [0.29, 0.717) is 35.5 Å². The molecule has 2 bridgehead atoms. The van der Waals surface area contributed by atoms with Crippen LogP contribution in [0.2, 0.25) is 0 Å². The lowest BCUT2D eigenvalue weighted by Crippen LogP contribution is -2.55. The van der Waals surface area contributed by atoms with E-state index in [4.69, 9.17) is 19.4 Å². The van der Waals surface area contributed by atoms with Crippen molar-refractivity contribution >= 4 is 33.6 Å². The van der Waals surface area contributed by atoms with Gasteiger partial charge in [0.15, 0.2) is 5.82 Å². The summed E-state index contributed by atoms with van der Waals surface area (Å²) in [5.74, 6) is 0.312. The number of benzene rings is 3. The maximum atomic E-state index is 16.9. The first-order valence-corrected chi connectivity index (χ1v) is 18.1. The van der Waals surface area contributed by atoms with E-state index in [0.717, 1.165) is 82.0 Å². The third-order valence-corrected chi connectivity index (χ3v) is 11.2. The van der Waals surface area contributed by atoms with Crippen LogP contribution in [0.4, 0.5) is 15.0 Å². The number of nitrogens with one attached hydrogen (secondary N) is 1. The summed E-state index contributed by atoms with van der Waals surface area (Å²) in [4.78, 5) is 29.3. The molecule has 4 aromatic rings. The van der Waals surface area contributed by atoms with Gasteiger partial charge in [0.1, 0.15) is 29.3 Å². The number of piperazine rings is 1. The second kappa shape index (κ2) is 12.8. The van der Waals surface area contributed by atoms with Gasteiger partial charge in [0.05, 0.1) is 5.54 Å². The highest BCUT2D eigenvalue weighted by Gasteiger charge is 2.45. The second-order valence-corrected chi connectivity index (χ2v) is 15.5. The number of fused-ring (bicyclic) bond motifs is 5. The van der Waals surface area contributed by atoms with Crippen molar-refractivity contribution in [2.24, 2.45) is 0 Å². The molecule has 4 saturated heterocycles. The topological polar surface area (TPSA) is 103 Å². The van der Waals surface area contributed by atoms with Gasteiger partial charge in [-0.25, -0.2) is 9.18 Å². The van der Waals surface area contributed by atoms with Crippen LogP contribution in [-0.4, -0.2) is 100 Å². The van der Waals surface area contributed by atoms with Gasteiger partial charge in [-0.05, 0) is 107 Å². The average molecular weight is 683 g/mol. The van der Waals surface area contributed by atoms with Crippen molar-refractivity contribution in [3.05, 3.63) is 54.3 Å². The molecule has 50 heavy (non-hydrogen) atoms. The van der Waals surface area contributed by atoms with Crippen molar-refractivity contribution in [1.82, 2.24) is 25.1 Å². The van der Waals surface area contributed by atoms with Gasteiger partial charge in [0.25, 0.3) is 0 Å². The van der Waals surface area contributed by atoms with Gasteiger partial charge < -0.3 is 24.8 Å². The average Bonchev–Trinajstić information content (AvgIpc) is 3.72. The number of hydrogen-bond donors (Lipinski definition) is 2. The molecule has 3 aromatic carbocycles. The fraction of sp³-hybridized carbons (Fsp3) is 0.513. The van der Waals surface area contributed by atoms with Gasteiger partial charge in [0, 0.05) is 49.2 Å². The van der Waals surface area contributed by atoms with Crippen molar-refractivity contribution < 1.29 is 23.8 Å². The molecule has 0 aliphatic carbocycles. The van der Waals surface area contributed by atoms with Crippen LogP contribution in [0.1, 0.15) is 59.3 Å². The number of phenols is 1.